The van der Waals surface area contributed by atoms with E-state index in [9.17, 15) is 28.0 Å². The molecule has 0 saturated carbocycles. The zero-order valence-electron chi connectivity index (χ0n) is 17.6. The maximum absolute atomic E-state index is 12.2. The number of carbonyl (C=O) groups excluding carboxylic acids is 2. The van der Waals surface area contributed by atoms with Crippen molar-refractivity contribution < 1.29 is 27.5 Å². The molecule has 33 heavy (non-hydrogen) atoms. The van der Waals surface area contributed by atoms with Gasteiger partial charge in [0, 0.05) is 60.7 Å². The van der Waals surface area contributed by atoms with Gasteiger partial charge in [0.1, 0.15) is 5.71 Å². The van der Waals surface area contributed by atoms with E-state index >= 15 is 0 Å². The average Bonchev–Trinajstić information content (AvgIpc) is 2.74. The Kier molecular flexibility index (Phi) is 7.44. The molecule has 1 aromatic rings. The SMILES string of the molecule is C[C@@H](CN1CCC2(CC1)OC(=O)NN=C2c1cc(C#N)ccc1Br)NC(=O)/C=C/C(F)(F)F. The lowest BCUT2D eigenvalue weighted by Gasteiger charge is -2.43. The summed E-state index contributed by atoms with van der Waals surface area (Å²) in [6.07, 6.45) is -4.03. The monoisotopic (exact) mass is 527 g/mol. The predicted octanol–water partition coefficient (Wildman–Crippen LogP) is 3.22. The summed E-state index contributed by atoms with van der Waals surface area (Å²) in [7, 11) is 0. The second-order valence-corrected chi connectivity index (χ2v) is 8.70. The highest BCUT2D eigenvalue weighted by Crippen LogP contribution is 2.35. The van der Waals surface area contributed by atoms with E-state index in [4.69, 9.17) is 4.74 Å². The molecule has 12 heteroatoms. The number of nitrogens with one attached hydrogen (secondary N) is 2. The molecular formula is C21H21BrF3N5O3. The first-order valence-electron chi connectivity index (χ1n) is 10.1. The fourth-order valence-electron chi connectivity index (χ4n) is 3.86. The third-order valence-corrected chi connectivity index (χ3v) is 6.03. The minimum absolute atomic E-state index is 0.106. The van der Waals surface area contributed by atoms with Crippen molar-refractivity contribution in [2.75, 3.05) is 19.6 Å². The molecule has 0 aromatic heterocycles. The largest absolute Gasteiger partial charge is 0.435 e. The Balaban J connectivity index is 1.67. The highest BCUT2D eigenvalue weighted by molar-refractivity contribution is 9.10. The van der Waals surface area contributed by atoms with Crippen LogP contribution in [0.25, 0.3) is 0 Å². The molecule has 2 N–H and O–H groups in total. The quantitative estimate of drug-likeness (QED) is 0.571. The summed E-state index contributed by atoms with van der Waals surface area (Å²) in [5, 5.41) is 16.0. The van der Waals surface area contributed by atoms with Crippen LogP contribution in [0.5, 0.6) is 0 Å². The van der Waals surface area contributed by atoms with Gasteiger partial charge in [0.2, 0.25) is 5.91 Å². The van der Waals surface area contributed by atoms with Crippen molar-refractivity contribution in [3.8, 4) is 6.07 Å². The number of rotatable bonds is 5. The molecule has 1 spiro atoms. The van der Waals surface area contributed by atoms with Crippen molar-refractivity contribution >= 4 is 33.6 Å². The van der Waals surface area contributed by atoms with Crippen LogP contribution >= 0.6 is 15.9 Å². The van der Waals surface area contributed by atoms with Crippen molar-refractivity contribution in [2.45, 2.75) is 37.6 Å². The summed E-state index contributed by atoms with van der Waals surface area (Å²) < 4.78 is 43.0. The summed E-state index contributed by atoms with van der Waals surface area (Å²) in [4.78, 5) is 25.7. The normalized spacial score (nSPS) is 19.4. The van der Waals surface area contributed by atoms with Crippen molar-refractivity contribution in [2.24, 2.45) is 5.10 Å². The summed E-state index contributed by atoms with van der Waals surface area (Å²) in [6.45, 7) is 3.11. The third kappa shape index (κ3) is 6.33. The van der Waals surface area contributed by atoms with Crippen molar-refractivity contribution in [3.63, 3.8) is 0 Å². The molecule has 0 unspecified atom stereocenters. The number of ether oxygens (including phenoxy) is 1. The van der Waals surface area contributed by atoms with Gasteiger partial charge in [0.25, 0.3) is 0 Å². The number of amides is 2. The summed E-state index contributed by atoms with van der Waals surface area (Å²) in [5.74, 6) is -0.822. The lowest BCUT2D eigenvalue weighted by atomic mass is 9.82. The molecule has 2 aliphatic rings. The van der Waals surface area contributed by atoms with Crippen LogP contribution in [0.15, 0.2) is 39.9 Å². The van der Waals surface area contributed by atoms with Gasteiger partial charge in [-0.25, -0.2) is 10.2 Å². The van der Waals surface area contributed by atoms with Crippen molar-refractivity contribution in [1.82, 2.24) is 15.6 Å². The van der Waals surface area contributed by atoms with E-state index in [1.807, 2.05) is 4.90 Å². The first kappa shape index (κ1) is 24.7. The Morgan fingerprint density at radius 2 is 2.15 bits per heavy atom. The van der Waals surface area contributed by atoms with Gasteiger partial charge in [-0.1, -0.05) is 15.9 Å². The number of halogens is 4. The Morgan fingerprint density at radius 3 is 2.79 bits per heavy atom. The maximum atomic E-state index is 12.2. The van der Waals surface area contributed by atoms with Crippen LogP contribution in [0, 0.1) is 11.3 Å². The molecule has 176 valence electrons. The Hall–Kier alpha value is -2.91. The molecule has 2 heterocycles. The van der Waals surface area contributed by atoms with Gasteiger partial charge in [-0.3, -0.25) is 4.79 Å². The predicted molar refractivity (Wildman–Crippen MR) is 116 cm³/mol. The van der Waals surface area contributed by atoms with Crippen LogP contribution in [0.4, 0.5) is 18.0 Å². The minimum atomic E-state index is -4.55. The number of benzene rings is 1. The van der Waals surface area contributed by atoms with Crippen molar-refractivity contribution in [3.05, 3.63) is 46.0 Å². The van der Waals surface area contributed by atoms with Crippen LogP contribution < -0.4 is 10.7 Å². The van der Waals surface area contributed by atoms with Gasteiger partial charge in [-0.05, 0) is 25.1 Å². The number of hydrazone groups is 1. The second-order valence-electron chi connectivity index (χ2n) is 7.85. The van der Waals surface area contributed by atoms with E-state index in [1.54, 1.807) is 25.1 Å². The van der Waals surface area contributed by atoms with Gasteiger partial charge < -0.3 is 15.0 Å². The fourth-order valence-corrected chi connectivity index (χ4v) is 4.30. The van der Waals surface area contributed by atoms with Crippen LogP contribution in [-0.4, -0.2) is 60.1 Å². The van der Waals surface area contributed by atoms with Gasteiger partial charge in [-0.2, -0.15) is 23.5 Å². The van der Waals surface area contributed by atoms with E-state index < -0.39 is 29.8 Å². The molecule has 0 aliphatic carbocycles. The van der Waals surface area contributed by atoms with E-state index in [2.05, 4.69) is 37.8 Å². The molecule has 3 rings (SSSR count). The highest BCUT2D eigenvalue weighted by Gasteiger charge is 2.46. The number of nitriles is 1. The van der Waals surface area contributed by atoms with Crippen LogP contribution in [0.3, 0.4) is 0 Å². The number of hydrogen-bond donors (Lipinski definition) is 2. The lowest BCUT2D eigenvalue weighted by molar-refractivity contribution is -0.118. The molecular weight excluding hydrogens is 507 g/mol. The smallest absolute Gasteiger partial charge is 0.428 e. The Bertz CT molecular complexity index is 1030. The molecule has 8 nitrogen and oxygen atoms in total. The Labute approximate surface area is 196 Å². The van der Waals surface area contributed by atoms with Gasteiger partial charge in [-0.15, -0.1) is 0 Å². The van der Waals surface area contributed by atoms with Crippen molar-refractivity contribution in [1.29, 1.82) is 5.26 Å². The first-order chi connectivity index (χ1) is 15.5. The first-order valence-corrected chi connectivity index (χ1v) is 10.9. The lowest BCUT2D eigenvalue weighted by Crippen LogP contribution is -2.57. The third-order valence-electron chi connectivity index (χ3n) is 5.34. The second kappa shape index (κ2) is 9.93. The number of piperidine rings is 1. The highest BCUT2D eigenvalue weighted by atomic mass is 79.9. The standard InChI is InChI=1S/C21H21BrF3N5O3/c1-13(27-17(31)4-5-21(23,24)25)12-30-8-6-20(7-9-30)18(28-29-19(32)33-20)15-10-14(11-26)2-3-16(15)22/h2-5,10,13H,6-9,12H2,1H3,(H,27,31)(H,29,32)/b5-4+/t13-/m0/s1. The molecule has 1 aromatic carbocycles. The number of carbonyl (C=O) groups is 2. The number of likely N-dealkylation sites (tertiary alicyclic amines) is 1. The van der Waals surface area contributed by atoms with E-state index in [0.29, 0.717) is 59.9 Å². The average molecular weight is 528 g/mol. The Morgan fingerprint density at radius 1 is 1.45 bits per heavy atom. The molecule has 2 aliphatic heterocycles. The van der Waals surface area contributed by atoms with Gasteiger partial charge in [0.05, 0.1) is 11.6 Å². The molecule has 1 atom stereocenters. The van der Waals surface area contributed by atoms with Crippen LogP contribution in [0.1, 0.15) is 30.9 Å². The zero-order chi connectivity index (χ0) is 24.2. The van der Waals surface area contributed by atoms with E-state index in [-0.39, 0.29) is 6.08 Å². The summed E-state index contributed by atoms with van der Waals surface area (Å²) in [5.41, 5.74) is 2.92. The van der Waals surface area contributed by atoms with Crippen LogP contribution in [-0.2, 0) is 9.53 Å². The summed E-state index contributed by atoms with van der Waals surface area (Å²) in [6, 6.07) is 6.75. The van der Waals surface area contributed by atoms with Gasteiger partial charge in [0.15, 0.2) is 5.60 Å². The van der Waals surface area contributed by atoms with E-state index in [0.717, 1.165) is 0 Å². The molecule has 0 radical (unpaired) electrons. The van der Waals surface area contributed by atoms with Crippen LogP contribution in [0.2, 0.25) is 0 Å². The summed E-state index contributed by atoms with van der Waals surface area (Å²) >= 11 is 3.47. The number of hydrogen-bond acceptors (Lipinski definition) is 6. The molecule has 1 fully saturated rings. The number of nitrogens with zero attached hydrogens (tertiary/aromatic N) is 3. The fraction of sp³-hybridized carbons (Fsp3) is 0.429. The molecule has 0 bridgehead atoms. The van der Waals surface area contributed by atoms with E-state index in [1.165, 1.54) is 0 Å². The van der Waals surface area contributed by atoms with Gasteiger partial charge >= 0.3 is 12.3 Å². The maximum Gasteiger partial charge on any atom is 0.428 e. The zero-order valence-corrected chi connectivity index (χ0v) is 19.2. The molecule has 1 saturated heterocycles. The topological polar surface area (TPSA) is 107 Å². The minimum Gasteiger partial charge on any atom is -0.435 e. The molecule has 2 amide bonds. The number of allylic oxidation sites excluding steroid dienone is 1. The number of alkyl halides is 3.